The Hall–Kier alpha value is -2.96. The lowest BCUT2D eigenvalue weighted by Crippen LogP contribution is -2.48. The molecule has 0 spiro atoms. The molecule has 0 aliphatic carbocycles. The SMILES string of the molecule is Cc1ccc2[nH]cc(C(=O)CN3CCC(O)(Cn4cnc5ccccc54)CC3)c2c1. The number of hydrogen-bond donors (Lipinski definition) is 2. The van der Waals surface area contributed by atoms with Gasteiger partial charge in [-0.1, -0.05) is 23.8 Å². The number of ketones is 1. The number of rotatable bonds is 5. The minimum absolute atomic E-state index is 0.123. The van der Waals surface area contributed by atoms with Crippen LogP contribution < -0.4 is 0 Å². The van der Waals surface area contributed by atoms with E-state index in [0.29, 0.717) is 39.0 Å². The van der Waals surface area contributed by atoms with Crippen molar-refractivity contribution in [3.8, 4) is 0 Å². The van der Waals surface area contributed by atoms with Gasteiger partial charge in [0, 0.05) is 35.8 Å². The van der Waals surface area contributed by atoms with Crippen LogP contribution in [-0.4, -0.2) is 55.6 Å². The van der Waals surface area contributed by atoms with E-state index in [1.165, 1.54) is 0 Å². The van der Waals surface area contributed by atoms with Crippen molar-refractivity contribution < 1.29 is 9.90 Å². The summed E-state index contributed by atoms with van der Waals surface area (Å²) >= 11 is 0. The van der Waals surface area contributed by atoms with Gasteiger partial charge in [-0.3, -0.25) is 9.69 Å². The lowest BCUT2D eigenvalue weighted by molar-refractivity contribution is -0.0320. The number of piperidine rings is 1. The summed E-state index contributed by atoms with van der Waals surface area (Å²) in [5.74, 6) is 0.123. The number of benzene rings is 2. The van der Waals surface area contributed by atoms with Crippen LogP contribution in [0.4, 0.5) is 0 Å². The third kappa shape index (κ3) is 3.53. The number of Topliss-reactive ketones (excluding diaryl/α,β-unsaturated/α-hetero) is 1. The predicted molar refractivity (Wildman–Crippen MR) is 118 cm³/mol. The molecular weight excluding hydrogens is 376 g/mol. The molecule has 0 unspecified atom stereocenters. The van der Waals surface area contributed by atoms with E-state index in [2.05, 4.69) is 20.9 Å². The standard InChI is InChI=1S/C24H26N4O2/c1-17-6-7-20-18(12-17)19(13-25-20)23(29)14-27-10-8-24(30,9-11-27)15-28-16-26-21-4-2-3-5-22(21)28/h2-7,12-13,16,25,30H,8-11,14-15H2,1H3. The molecule has 4 aromatic rings. The van der Waals surface area contributed by atoms with Crippen LogP contribution in [0.15, 0.2) is 55.0 Å². The largest absolute Gasteiger partial charge is 0.388 e. The molecule has 0 atom stereocenters. The van der Waals surface area contributed by atoms with Gasteiger partial charge in [0.1, 0.15) is 0 Å². The fraction of sp³-hybridized carbons (Fsp3) is 0.333. The average Bonchev–Trinajstić information content (AvgIpc) is 3.34. The van der Waals surface area contributed by atoms with Crippen LogP contribution in [0.5, 0.6) is 0 Å². The molecular formula is C24H26N4O2. The van der Waals surface area contributed by atoms with Gasteiger partial charge in [0.25, 0.3) is 0 Å². The Morgan fingerprint density at radius 3 is 2.83 bits per heavy atom. The molecule has 3 heterocycles. The number of hydrogen-bond acceptors (Lipinski definition) is 4. The van der Waals surface area contributed by atoms with Crippen molar-refractivity contribution in [2.45, 2.75) is 31.9 Å². The minimum Gasteiger partial charge on any atom is -0.388 e. The van der Waals surface area contributed by atoms with Crippen LogP contribution in [0.3, 0.4) is 0 Å². The molecule has 0 bridgehead atoms. The fourth-order valence-electron chi connectivity index (χ4n) is 4.49. The summed E-state index contributed by atoms with van der Waals surface area (Å²) in [7, 11) is 0. The second kappa shape index (κ2) is 7.38. The van der Waals surface area contributed by atoms with Crippen molar-refractivity contribution in [1.82, 2.24) is 19.4 Å². The predicted octanol–water partition coefficient (Wildman–Crippen LogP) is 3.54. The van der Waals surface area contributed by atoms with Crippen LogP contribution >= 0.6 is 0 Å². The molecule has 30 heavy (non-hydrogen) atoms. The van der Waals surface area contributed by atoms with Crippen molar-refractivity contribution in [3.05, 3.63) is 66.1 Å². The molecule has 0 amide bonds. The van der Waals surface area contributed by atoms with Gasteiger partial charge < -0.3 is 14.7 Å². The lowest BCUT2D eigenvalue weighted by Gasteiger charge is -2.38. The van der Waals surface area contributed by atoms with Crippen LogP contribution in [0.1, 0.15) is 28.8 Å². The highest BCUT2D eigenvalue weighted by Crippen LogP contribution is 2.27. The Morgan fingerprint density at radius 2 is 2.00 bits per heavy atom. The maximum atomic E-state index is 12.9. The van der Waals surface area contributed by atoms with Crippen LogP contribution in [0, 0.1) is 6.92 Å². The summed E-state index contributed by atoms with van der Waals surface area (Å²) < 4.78 is 2.03. The number of likely N-dealkylation sites (tertiary alicyclic amines) is 1. The Kier molecular flexibility index (Phi) is 4.68. The number of carbonyl (C=O) groups excluding carboxylic acids is 1. The summed E-state index contributed by atoms with van der Waals surface area (Å²) in [6.07, 6.45) is 4.90. The van der Waals surface area contributed by atoms with Crippen molar-refractivity contribution in [3.63, 3.8) is 0 Å². The van der Waals surface area contributed by atoms with Crippen molar-refractivity contribution in [1.29, 1.82) is 0 Å². The smallest absolute Gasteiger partial charge is 0.178 e. The number of carbonyl (C=O) groups is 1. The number of para-hydroxylation sites is 2. The van der Waals surface area contributed by atoms with Gasteiger partial charge in [0.05, 0.1) is 36.1 Å². The zero-order valence-corrected chi connectivity index (χ0v) is 17.1. The van der Waals surface area contributed by atoms with E-state index in [1.54, 1.807) is 6.33 Å². The monoisotopic (exact) mass is 402 g/mol. The highest BCUT2D eigenvalue weighted by atomic mass is 16.3. The number of nitrogens with zero attached hydrogens (tertiary/aromatic N) is 3. The number of H-pyrrole nitrogens is 1. The van der Waals surface area contributed by atoms with Crippen LogP contribution in [0.25, 0.3) is 21.9 Å². The van der Waals surface area contributed by atoms with Crippen molar-refractivity contribution in [2.75, 3.05) is 19.6 Å². The summed E-state index contributed by atoms with van der Waals surface area (Å²) in [4.78, 5) is 22.7. The molecule has 1 saturated heterocycles. The van der Waals surface area contributed by atoms with Gasteiger partial charge >= 0.3 is 0 Å². The van der Waals surface area contributed by atoms with Crippen LogP contribution in [0.2, 0.25) is 0 Å². The molecule has 2 aromatic heterocycles. The summed E-state index contributed by atoms with van der Waals surface area (Å²) in [5.41, 5.74) is 4.09. The Labute approximate surface area is 175 Å². The molecule has 1 aliphatic heterocycles. The Morgan fingerprint density at radius 1 is 1.20 bits per heavy atom. The van der Waals surface area contributed by atoms with Crippen LogP contribution in [-0.2, 0) is 6.54 Å². The van der Waals surface area contributed by atoms with E-state index < -0.39 is 5.60 Å². The second-order valence-electron chi connectivity index (χ2n) is 8.54. The van der Waals surface area contributed by atoms with Gasteiger partial charge in [-0.2, -0.15) is 0 Å². The normalized spacial score (nSPS) is 17.0. The van der Waals surface area contributed by atoms with Crippen molar-refractivity contribution >= 4 is 27.7 Å². The first-order valence-corrected chi connectivity index (χ1v) is 10.5. The molecule has 1 fully saturated rings. The quantitative estimate of drug-likeness (QED) is 0.501. The van der Waals surface area contributed by atoms with E-state index in [-0.39, 0.29) is 5.78 Å². The molecule has 0 saturated carbocycles. The molecule has 1 aliphatic rings. The third-order valence-electron chi connectivity index (χ3n) is 6.28. The summed E-state index contributed by atoms with van der Waals surface area (Å²) in [5, 5.41) is 12.1. The first-order chi connectivity index (χ1) is 14.5. The maximum absolute atomic E-state index is 12.9. The van der Waals surface area contributed by atoms with E-state index in [9.17, 15) is 9.90 Å². The van der Waals surface area contributed by atoms with Gasteiger partial charge in [-0.25, -0.2) is 4.98 Å². The highest BCUT2D eigenvalue weighted by molar-refractivity contribution is 6.08. The first-order valence-electron chi connectivity index (χ1n) is 10.5. The van der Waals surface area contributed by atoms with E-state index >= 15 is 0 Å². The van der Waals surface area contributed by atoms with Gasteiger partial charge in [0.2, 0.25) is 0 Å². The molecule has 0 radical (unpaired) electrons. The molecule has 154 valence electrons. The zero-order chi connectivity index (χ0) is 20.7. The molecule has 6 nitrogen and oxygen atoms in total. The fourth-order valence-corrected chi connectivity index (χ4v) is 4.49. The molecule has 5 rings (SSSR count). The number of aliphatic hydroxyl groups is 1. The zero-order valence-electron chi connectivity index (χ0n) is 17.1. The van der Waals surface area contributed by atoms with Crippen molar-refractivity contribution in [2.24, 2.45) is 0 Å². The van der Waals surface area contributed by atoms with E-state index in [4.69, 9.17) is 0 Å². The highest BCUT2D eigenvalue weighted by Gasteiger charge is 2.33. The van der Waals surface area contributed by atoms with E-state index in [0.717, 1.165) is 33.1 Å². The number of aryl methyl sites for hydroxylation is 1. The Bertz CT molecular complexity index is 1210. The van der Waals surface area contributed by atoms with Gasteiger partial charge in [0.15, 0.2) is 5.78 Å². The average molecular weight is 402 g/mol. The topological polar surface area (TPSA) is 74.2 Å². The second-order valence-corrected chi connectivity index (χ2v) is 8.54. The number of fused-ring (bicyclic) bond motifs is 2. The number of imidazole rings is 1. The first kappa shape index (κ1) is 19.0. The summed E-state index contributed by atoms with van der Waals surface area (Å²) in [6, 6.07) is 14.1. The molecule has 2 aromatic carbocycles. The summed E-state index contributed by atoms with van der Waals surface area (Å²) in [6.45, 7) is 4.35. The maximum Gasteiger partial charge on any atom is 0.178 e. The lowest BCUT2D eigenvalue weighted by atomic mass is 9.91. The molecule has 6 heteroatoms. The third-order valence-corrected chi connectivity index (χ3v) is 6.28. The Balaban J connectivity index is 1.24. The number of aromatic nitrogens is 3. The van der Waals surface area contributed by atoms with E-state index in [1.807, 2.05) is 54.1 Å². The van der Waals surface area contributed by atoms with Gasteiger partial charge in [-0.05, 0) is 44.0 Å². The number of nitrogens with one attached hydrogen (secondary N) is 1. The minimum atomic E-state index is -0.777. The number of aromatic amines is 1. The van der Waals surface area contributed by atoms with Gasteiger partial charge in [-0.15, -0.1) is 0 Å². The molecule has 2 N–H and O–H groups in total.